The first-order valence-corrected chi connectivity index (χ1v) is 13.7. The van der Waals surface area contributed by atoms with E-state index in [1.165, 1.54) is 0 Å². The van der Waals surface area contributed by atoms with Crippen LogP contribution in [0.25, 0.3) is 11.0 Å². The number of amides is 2. The highest BCUT2D eigenvalue weighted by Gasteiger charge is 2.33. The summed E-state index contributed by atoms with van der Waals surface area (Å²) in [4.78, 5) is 34.4. The molecule has 2 heterocycles. The Morgan fingerprint density at radius 1 is 1.15 bits per heavy atom. The molecule has 0 saturated carbocycles. The zero-order chi connectivity index (χ0) is 24.3. The third-order valence-electron chi connectivity index (χ3n) is 5.58. The predicted octanol–water partition coefficient (Wildman–Crippen LogP) is 3.00. The van der Waals surface area contributed by atoms with Crippen molar-refractivity contribution < 1.29 is 14.3 Å². The maximum atomic E-state index is 12.7. The van der Waals surface area contributed by atoms with Crippen molar-refractivity contribution in [3.05, 3.63) is 53.6 Å². The molecule has 2 amide bonds. The van der Waals surface area contributed by atoms with Gasteiger partial charge in [-0.05, 0) is 69.7 Å². The summed E-state index contributed by atoms with van der Waals surface area (Å²) in [6.07, 6.45) is 0.252. The molecule has 3 aromatic rings. The fourth-order valence-electron chi connectivity index (χ4n) is 3.80. The number of hydrogen-bond donors (Lipinski definition) is 2. The summed E-state index contributed by atoms with van der Waals surface area (Å²) in [6, 6.07) is 13.5. The Labute approximate surface area is 202 Å². The Kier molecular flexibility index (Phi) is 6.75. The number of likely N-dealkylation sites (tertiary alicyclic amines) is 1. The maximum absolute atomic E-state index is 12.7. The van der Waals surface area contributed by atoms with Gasteiger partial charge in [-0.3, -0.25) is 4.79 Å². The zero-order valence-corrected chi connectivity index (χ0v) is 21.5. The second-order valence-electron chi connectivity index (χ2n) is 9.50. The van der Waals surface area contributed by atoms with Crippen molar-refractivity contribution in [2.75, 3.05) is 18.4 Å². The normalized spacial score (nSPS) is 16.0. The van der Waals surface area contributed by atoms with Crippen LogP contribution in [-0.4, -0.2) is 55.1 Å². The molecule has 176 valence electrons. The fraction of sp³-hybridized carbons (Fsp3) is 0.346. The summed E-state index contributed by atoms with van der Waals surface area (Å²) in [7, 11) is -0.319. The van der Waals surface area contributed by atoms with E-state index in [-0.39, 0.29) is 27.4 Å². The van der Waals surface area contributed by atoms with Crippen LogP contribution in [0.2, 0.25) is 6.55 Å². The lowest BCUT2D eigenvalue weighted by atomic mass is 10.1. The van der Waals surface area contributed by atoms with E-state index in [4.69, 9.17) is 4.74 Å². The third-order valence-corrected chi connectivity index (χ3v) is 6.58. The van der Waals surface area contributed by atoms with E-state index in [0.717, 1.165) is 27.6 Å². The second kappa shape index (κ2) is 9.73. The van der Waals surface area contributed by atoms with Crippen LogP contribution >= 0.6 is 0 Å². The lowest BCUT2D eigenvalue weighted by Crippen LogP contribution is -2.36. The minimum Gasteiger partial charge on any atom is -0.444 e. The lowest BCUT2D eigenvalue weighted by molar-refractivity contribution is -0.119. The van der Waals surface area contributed by atoms with Gasteiger partial charge in [0.05, 0.1) is 31.9 Å². The molecule has 2 N–H and O–H groups in total. The van der Waals surface area contributed by atoms with Gasteiger partial charge in [-0.25, -0.2) is 9.78 Å². The van der Waals surface area contributed by atoms with Gasteiger partial charge >= 0.3 is 6.09 Å². The summed E-state index contributed by atoms with van der Waals surface area (Å²) < 4.78 is 5.40. The topological polar surface area (TPSA) is 87.3 Å². The minimum absolute atomic E-state index is 0.0905. The molecule has 1 saturated heterocycles. The molecule has 0 bridgehead atoms. The van der Waals surface area contributed by atoms with Gasteiger partial charge in [0.15, 0.2) is 0 Å². The van der Waals surface area contributed by atoms with Crippen molar-refractivity contribution in [3.63, 3.8) is 0 Å². The number of carbonyl (C=O) groups excluding carboxylic acids is 2. The van der Waals surface area contributed by atoms with Crippen molar-refractivity contribution in [1.82, 2.24) is 14.9 Å². The van der Waals surface area contributed by atoms with Crippen LogP contribution in [0.1, 0.15) is 38.3 Å². The van der Waals surface area contributed by atoms with Gasteiger partial charge in [0.25, 0.3) is 0 Å². The zero-order valence-electron chi connectivity index (χ0n) is 20.1. The molecule has 1 aromatic heterocycles. The van der Waals surface area contributed by atoms with Crippen LogP contribution in [0.15, 0.2) is 42.5 Å². The Bertz CT molecular complexity index is 1270. The number of aromatic amines is 1. The van der Waals surface area contributed by atoms with Crippen molar-refractivity contribution >= 4 is 43.7 Å². The Morgan fingerprint density at radius 3 is 2.56 bits per heavy atom. The summed E-state index contributed by atoms with van der Waals surface area (Å²) in [5, 5.41) is 2.95. The number of nitrogens with one attached hydrogen (secondary N) is 2. The molecule has 4 rings (SSSR count). The van der Waals surface area contributed by atoms with Gasteiger partial charge in [-0.2, -0.15) is 0 Å². The van der Waals surface area contributed by atoms with Crippen molar-refractivity contribution in [1.29, 1.82) is 0 Å². The van der Waals surface area contributed by atoms with Gasteiger partial charge in [-0.15, -0.1) is 0 Å². The molecule has 2 aromatic carbocycles. The van der Waals surface area contributed by atoms with Crippen molar-refractivity contribution in [2.24, 2.45) is 5.92 Å². The number of carbonyl (C=O) groups is 2. The molecule has 1 aliphatic heterocycles. The average molecular weight is 475 g/mol. The molecule has 0 spiro atoms. The molecule has 7 nitrogen and oxygen atoms in total. The molecule has 34 heavy (non-hydrogen) atoms. The number of benzene rings is 2. The third kappa shape index (κ3) is 5.86. The smallest absolute Gasteiger partial charge is 0.410 e. The number of hydrogen-bond acceptors (Lipinski definition) is 4. The number of rotatable bonds is 3. The lowest BCUT2D eigenvalue weighted by Gasteiger charge is -2.24. The highest BCUT2D eigenvalue weighted by molar-refractivity contribution is 6.50. The number of imidazole rings is 1. The van der Waals surface area contributed by atoms with Gasteiger partial charge in [0.1, 0.15) is 5.60 Å². The molecular weight excluding hydrogens is 444 g/mol. The SMILES string of the molecule is C[SiH2]c1nc2ccc(C#Cc3ccc(NC(=O)C4CCN(C(=O)OC(C)(C)C)C4)cc3)cc2[nH]1. The Balaban J connectivity index is 1.34. The van der Waals surface area contributed by atoms with E-state index >= 15 is 0 Å². The first-order valence-electron chi connectivity index (χ1n) is 11.6. The summed E-state index contributed by atoms with van der Waals surface area (Å²) in [5.74, 6) is 6.03. The molecular formula is C26H30N4O3Si. The number of H-pyrrole nitrogens is 1. The highest BCUT2D eigenvalue weighted by Crippen LogP contribution is 2.21. The van der Waals surface area contributed by atoms with Crippen LogP contribution < -0.4 is 10.8 Å². The number of ether oxygens (including phenoxy) is 1. The molecule has 0 aliphatic carbocycles. The van der Waals surface area contributed by atoms with E-state index in [1.807, 2.05) is 63.2 Å². The number of nitrogens with zero attached hydrogens (tertiary/aromatic N) is 2. The largest absolute Gasteiger partial charge is 0.444 e. The molecule has 1 fully saturated rings. The van der Waals surface area contributed by atoms with Crippen LogP contribution in [0.4, 0.5) is 10.5 Å². The summed E-state index contributed by atoms with van der Waals surface area (Å²) >= 11 is 0. The van der Waals surface area contributed by atoms with Gasteiger partial charge < -0.3 is 19.9 Å². The maximum Gasteiger partial charge on any atom is 0.410 e. The predicted molar refractivity (Wildman–Crippen MR) is 137 cm³/mol. The van der Waals surface area contributed by atoms with Crippen LogP contribution in [-0.2, 0) is 9.53 Å². The Hall–Kier alpha value is -3.57. The van der Waals surface area contributed by atoms with Crippen molar-refractivity contribution in [3.8, 4) is 11.8 Å². The second-order valence-corrected chi connectivity index (χ2v) is 10.9. The quantitative estimate of drug-likeness (QED) is 0.451. The summed E-state index contributed by atoms with van der Waals surface area (Å²) in [5.41, 5.74) is 5.05. The van der Waals surface area contributed by atoms with E-state index in [9.17, 15) is 9.59 Å². The van der Waals surface area contributed by atoms with Gasteiger partial charge in [0.2, 0.25) is 5.91 Å². The highest BCUT2D eigenvalue weighted by atomic mass is 28.2. The van der Waals surface area contributed by atoms with E-state index in [1.54, 1.807) is 4.90 Å². The fourth-order valence-corrected chi connectivity index (χ4v) is 4.50. The standard InChI is InChI=1S/C26H30N4O3Si/c1-26(2,3)33-25(32)30-14-13-19(16-30)23(31)27-20-10-7-17(8-11-20)5-6-18-9-12-21-22(15-18)29-24(28-21)34-4/h7-12,15,19H,13-14,16,34H2,1-4H3,(H,27,31)(H,28,29). The molecule has 1 unspecified atom stereocenters. The monoisotopic (exact) mass is 474 g/mol. The van der Waals surface area contributed by atoms with Crippen LogP contribution in [0.3, 0.4) is 0 Å². The number of anilines is 1. The number of fused-ring (bicyclic) bond motifs is 1. The van der Waals surface area contributed by atoms with E-state index in [2.05, 4.69) is 33.7 Å². The summed E-state index contributed by atoms with van der Waals surface area (Å²) in [6.45, 7) is 8.60. The van der Waals surface area contributed by atoms with Crippen LogP contribution in [0, 0.1) is 17.8 Å². The Morgan fingerprint density at radius 2 is 1.85 bits per heavy atom. The first-order chi connectivity index (χ1) is 16.2. The van der Waals surface area contributed by atoms with E-state index < -0.39 is 5.60 Å². The minimum atomic E-state index is -0.548. The first kappa shape index (κ1) is 23.6. The van der Waals surface area contributed by atoms with E-state index in [0.29, 0.717) is 25.2 Å². The molecule has 1 aliphatic rings. The number of aromatic nitrogens is 2. The van der Waals surface area contributed by atoms with Gasteiger partial charge in [0, 0.05) is 29.9 Å². The van der Waals surface area contributed by atoms with Crippen molar-refractivity contribution in [2.45, 2.75) is 39.3 Å². The molecule has 0 radical (unpaired) electrons. The van der Waals surface area contributed by atoms with Crippen LogP contribution in [0.5, 0.6) is 0 Å². The molecule has 8 heteroatoms. The molecule has 1 atom stereocenters. The average Bonchev–Trinajstić information content (AvgIpc) is 3.44. The van der Waals surface area contributed by atoms with Gasteiger partial charge in [-0.1, -0.05) is 18.4 Å².